The van der Waals surface area contributed by atoms with Gasteiger partial charge in [-0.3, -0.25) is 4.89 Å². The average molecular weight is 521 g/mol. The fourth-order valence-corrected chi connectivity index (χ4v) is 3.14. The molecule has 0 rings (SSSR count). The fourth-order valence-electron chi connectivity index (χ4n) is 3.14. The lowest BCUT2D eigenvalue weighted by Crippen LogP contribution is -2.44. The van der Waals surface area contributed by atoms with Crippen LogP contribution < -0.4 is 0 Å². The largest absolute Gasteiger partial charge is 0.342 e. The minimum Gasteiger partial charge on any atom is -0.298 e. The first-order valence-electron chi connectivity index (χ1n) is 13.5. The van der Waals surface area contributed by atoms with Crippen molar-refractivity contribution >= 4 is 5.97 Å². The van der Waals surface area contributed by atoms with E-state index in [-0.39, 0.29) is 33.4 Å². The maximum Gasteiger partial charge on any atom is 0.342 e. The van der Waals surface area contributed by atoms with E-state index in [1.807, 2.05) is 48.5 Å². The van der Waals surface area contributed by atoms with E-state index in [0.29, 0.717) is 19.4 Å². The maximum atomic E-state index is 11.8. The van der Waals surface area contributed by atoms with Gasteiger partial charge in [0.2, 0.25) is 5.79 Å². The van der Waals surface area contributed by atoms with Crippen molar-refractivity contribution in [3.8, 4) is 0 Å². The SMILES string of the molecule is CCC(C)(OOC(C)(C)C)OOC(C)(C)C.CCCCOOC(=O)CCC(C)(C(C)(C)C)C(C)(C)C. The standard InChI is InChI=1S/C17H34O3.C12H26O4/c1-9-10-13-19-20-14(18)11-12-17(8,15(2,3)4)16(5,6)7;1-9-12(8,15-13-10(2,3)4)16-14-11(5,6)7/h9-13H2,1-8H3;9H2,1-8H3. The summed E-state index contributed by atoms with van der Waals surface area (Å²) in [5, 5.41) is 0. The molecule has 0 aromatic carbocycles. The molecule has 0 aliphatic rings. The van der Waals surface area contributed by atoms with Crippen molar-refractivity contribution in [1.29, 1.82) is 0 Å². The van der Waals surface area contributed by atoms with Crippen molar-refractivity contribution in [2.75, 3.05) is 6.61 Å². The van der Waals surface area contributed by atoms with Gasteiger partial charge in [-0.2, -0.15) is 14.7 Å². The minimum absolute atomic E-state index is 0.0441. The quantitative estimate of drug-likeness (QED) is 0.110. The molecule has 0 heterocycles. The van der Waals surface area contributed by atoms with Gasteiger partial charge >= 0.3 is 5.97 Å². The van der Waals surface area contributed by atoms with Crippen molar-refractivity contribution in [2.24, 2.45) is 16.2 Å². The van der Waals surface area contributed by atoms with Gasteiger partial charge in [0.05, 0.1) is 17.8 Å². The average Bonchev–Trinajstić information content (AvgIpc) is 2.70. The van der Waals surface area contributed by atoms with Gasteiger partial charge in [-0.05, 0) is 77.6 Å². The van der Waals surface area contributed by atoms with E-state index in [1.165, 1.54) is 0 Å². The second-order valence-electron chi connectivity index (χ2n) is 14.0. The lowest BCUT2D eigenvalue weighted by molar-refractivity contribution is -0.536. The fraction of sp³-hybridized carbons (Fsp3) is 0.966. The predicted octanol–water partition coefficient (Wildman–Crippen LogP) is 8.75. The lowest BCUT2D eigenvalue weighted by Gasteiger charge is -2.51. The molecule has 7 heteroatoms. The Labute approximate surface area is 223 Å². The van der Waals surface area contributed by atoms with Crippen LogP contribution >= 0.6 is 0 Å². The van der Waals surface area contributed by atoms with E-state index in [9.17, 15) is 4.79 Å². The number of hydrogen-bond acceptors (Lipinski definition) is 7. The van der Waals surface area contributed by atoms with Crippen LogP contribution in [0.4, 0.5) is 0 Å². The van der Waals surface area contributed by atoms with Gasteiger partial charge in [0.1, 0.15) is 0 Å². The Morgan fingerprint density at radius 2 is 1.06 bits per heavy atom. The molecule has 0 unspecified atom stereocenters. The Bertz CT molecular complexity index is 569. The van der Waals surface area contributed by atoms with Crippen LogP contribution in [0.25, 0.3) is 0 Å². The molecule has 0 aromatic heterocycles. The highest BCUT2D eigenvalue weighted by atomic mass is 17.3. The zero-order valence-electron chi connectivity index (χ0n) is 26.6. The molecular formula is C29H60O7. The van der Waals surface area contributed by atoms with Gasteiger partial charge in [-0.25, -0.2) is 14.6 Å². The van der Waals surface area contributed by atoms with E-state index in [4.69, 9.17) is 29.3 Å². The first-order valence-corrected chi connectivity index (χ1v) is 13.5. The van der Waals surface area contributed by atoms with Crippen molar-refractivity contribution in [3.63, 3.8) is 0 Å². The molecule has 0 aliphatic carbocycles. The Morgan fingerprint density at radius 3 is 1.36 bits per heavy atom. The Morgan fingerprint density at radius 1 is 0.639 bits per heavy atom. The summed E-state index contributed by atoms with van der Waals surface area (Å²) < 4.78 is 0. The number of rotatable bonds is 12. The Kier molecular flexibility index (Phi) is 15.6. The Balaban J connectivity index is 0. The molecule has 7 nitrogen and oxygen atoms in total. The van der Waals surface area contributed by atoms with E-state index < -0.39 is 5.79 Å². The second kappa shape index (κ2) is 15.0. The van der Waals surface area contributed by atoms with Gasteiger partial charge < -0.3 is 0 Å². The van der Waals surface area contributed by atoms with Crippen molar-refractivity contribution < 1.29 is 34.1 Å². The van der Waals surface area contributed by atoms with Crippen LogP contribution in [-0.4, -0.2) is 29.6 Å². The topological polar surface area (TPSA) is 72.5 Å². The van der Waals surface area contributed by atoms with Crippen LogP contribution in [0.5, 0.6) is 0 Å². The first-order chi connectivity index (χ1) is 15.9. The third-order valence-corrected chi connectivity index (χ3v) is 6.45. The minimum atomic E-state index is -0.888. The highest BCUT2D eigenvalue weighted by Crippen LogP contribution is 2.54. The lowest BCUT2D eigenvalue weighted by atomic mass is 9.53. The van der Waals surface area contributed by atoms with Crippen LogP contribution in [0.15, 0.2) is 0 Å². The van der Waals surface area contributed by atoms with Crippen LogP contribution in [0, 0.1) is 16.2 Å². The van der Waals surface area contributed by atoms with Crippen LogP contribution in [-0.2, 0) is 34.1 Å². The first kappa shape index (κ1) is 37.4. The maximum absolute atomic E-state index is 11.8. The number of hydrogen-bond donors (Lipinski definition) is 0. The number of carbonyl (C=O) groups excluding carboxylic acids is 1. The number of carbonyl (C=O) groups is 1. The summed E-state index contributed by atoms with van der Waals surface area (Å²) in [6, 6.07) is 0. The van der Waals surface area contributed by atoms with Crippen LogP contribution in [0.2, 0.25) is 0 Å². The molecule has 0 aliphatic heterocycles. The summed E-state index contributed by atoms with van der Waals surface area (Å²) in [6.07, 6.45) is 3.77. The smallest absolute Gasteiger partial charge is 0.298 e. The summed E-state index contributed by atoms with van der Waals surface area (Å²) in [5.74, 6) is -1.15. The molecule has 36 heavy (non-hydrogen) atoms. The molecule has 0 aromatic rings. The summed E-state index contributed by atoms with van der Waals surface area (Å²) in [5.41, 5.74) is -0.464. The number of unbranched alkanes of at least 4 members (excludes halogenated alkanes) is 1. The van der Waals surface area contributed by atoms with Gasteiger partial charge in [0.25, 0.3) is 0 Å². The molecule has 218 valence electrons. The zero-order valence-corrected chi connectivity index (χ0v) is 26.6. The normalized spacial score (nSPS) is 13.8. The van der Waals surface area contributed by atoms with Gasteiger partial charge in [0.15, 0.2) is 0 Å². The summed E-state index contributed by atoms with van der Waals surface area (Å²) >= 11 is 0. The van der Waals surface area contributed by atoms with Crippen molar-refractivity contribution in [1.82, 2.24) is 0 Å². The highest BCUT2D eigenvalue weighted by molar-refractivity contribution is 5.68. The molecule has 0 spiro atoms. The molecule has 0 saturated heterocycles. The van der Waals surface area contributed by atoms with Crippen molar-refractivity contribution in [3.05, 3.63) is 0 Å². The molecule has 0 atom stereocenters. The van der Waals surface area contributed by atoms with Crippen molar-refractivity contribution in [2.45, 2.75) is 160 Å². The summed E-state index contributed by atoms with van der Waals surface area (Å²) in [7, 11) is 0. The van der Waals surface area contributed by atoms with Crippen LogP contribution in [0.1, 0.15) is 143 Å². The molecular weight excluding hydrogens is 460 g/mol. The molecule has 0 amide bonds. The monoisotopic (exact) mass is 520 g/mol. The molecule has 0 bridgehead atoms. The van der Waals surface area contributed by atoms with Gasteiger partial charge in [0, 0.05) is 12.8 Å². The zero-order chi connectivity index (χ0) is 29.1. The third-order valence-electron chi connectivity index (χ3n) is 6.45. The van der Waals surface area contributed by atoms with E-state index in [1.54, 1.807) is 6.92 Å². The molecule has 0 radical (unpaired) electrons. The molecule has 0 saturated carbocycles. The van der Waals surface area contributed by atoms with E-state index >= 15 is 0 Å². The highest BCUT2D eigenvalue weighted by Gasteiger charge is 2.46. The molecule has 0 fully saturated rings. The second-order valence-corrected chi connectivity index (χ2v) is 14.0. The van der Waals surface area contributed by atoms with E-state index in [0.717, 1.165) is 19.3 Å². The van der Waals surface area contributed by atoms with Gasteiger partial charge in [-0.1, -0.05) is 68.7 Å². The van der Waals surface area contributed by atoms with E-state index in [2.05, 4.69) is 55.4 Å². The Hall–Kier alpha value is -0.730. The van der Waals surface area contributed by atoms with Crippen LogP contribution in [0.3, 0.4) is 0 Å². The van der Waals surface area contributed by atoms with Gasteiger partial charge in [-0.15, -0.1) is 0 Å². The predicted molar refractivity (Wildman–Crippen MR) is 146 cm³/mol. The third kappa shape index (κ3) is 16.2. The molecule has 0 N–H and O–H groups in total. The summed E-state index contributed by atoms with van der Waals surface area (Å²) in [6.45, 7) is 33.4. The summed E-state index contributed by atoms with van der Waals surface area (Å²) in [4.78, 5) is 42.6.